The molecule has 0 aromatic carbocycles. The van der Waals surface area contributed by atoms with Crippen molar-refractivity contribution < 1.29 is 9.84 Å². The molecule has 60 valence electrons. The molecule has 0 saturated carbocycles. The molecule has 1 aliphatic heterocycles. The number of rotatable bonds is 2. The summed E-state index contributed by atoms with van der Waals surface area (Å²) in [6, 6.07) is 0. The number of alkyl halides is 1. The fourth-order valence-corrected chi connectivity index (χ4v) is 2.05. The highest BCUT2D eigenvalue weighted by Gasteiger charge is 2.36. The molecule has 2 atom stereocenters. The molecule has 1 fully saturated rings. The Labute approximate surface area is 69.7 Å². The number of aliphatic hydroxyl groups is 1. The van der Waals surface area contributed by atoms with E-state index in [0.717, 1.165) is 24.6 Å². The summed E-state index contributed by atoms with van der Waals surface area (Å²) in [6.07, 6.45) is 2.18. The number of halogens is 1. The van der Waals surface area contributed by atoms with Gasteiger partial charge in [-0.15, -0.1) is 0 Å². The average molecular weight is 209 g/mol. The van der Waals surface area contributed by atoms with Crippen molar-refractivity contribution in [1.82, 2.24) is 0 Å². The third-order valence-corrected chi connectivity index (χ3v) is 3.14. The van der Waals surface area contributed by atoms with Gasteiger partial charge in [-0.25, -0.2) is 0 Å². The van der Waals surface area contributed by atoms with Gasteiger partial charge in [-0.3, -0.25) is 0 Å². The molecular weight excluding hydrogens is 196 g/mol. The number of ether oxygens (including phenoxy) is 1. The zero-order valence-electron chi connectivity index (χ0n) is 6.14. The second kappa shape index (κ2) is 3.20. The van der Waals surface area contributed by atoms with E-state index in [0.29, 0.717) is 0 Å². The largest absolute Gasteiger partial charge is 0.368 e. The summed E-state index contributed by atoms with van der Waals surface area (Å²) in [4.78, 5) is 0. The normalized spacial score (nSPS) is 40.5. The molecule has 2 unspecified atom stereocenters. The van der Waals surface area contributed by atoms with Gasteiger partial charge >= 0.3 is 0 Å². The summed E-state index contributed by atoms with van der Waals surface area (Å²) in [5.41, 5.74) is -0.0839. The molecule has 1 saturated heterocycles. The molecule has 10 heavy (non-hydrogen) atoms. The highest BCUT2D eigenvalue weighted by molar-refractivity contribution is 9.09. The predicted octanol–water partition coefficient (Wildman–Crippen LogP) is 1.66. The van der Waals surface area contributed by atoms with E-state index < -0.39 is 6.29 Å². The number of hydrogen-bond acceptors (Lipinski definition) is 2. The maximum atomic E-state index is 9.08. The van der Waals surface area contributed by atoms with Crippen LogP contribution in [-0.2, 0) is 4.74 Å². The monoisotopic (exact) mass is 208 g/mol. The smallest absolute Gasteiger partial charge is 0.155 e. The number of aliphatic hydroxyl groups excluding tert-OH is 1. The van der Waals surface area contributed by atoms with Gasteiger partial charge in [0.05, 0.1) is 5.60 Å². The first-order valence-corrected chi connectivity index (χ1v) is 4.76. The van der Waals surface area contributed by atoms with E-state index >= 15 is 0 Å². The topological polar surface area (TPSA) is 29.5 Å². The first kappa shape index (κ1) is 8.50. The summed E-state index contributed by atoms with van der Waals surface area (Å²) in [5.74, 6) is 0. The Kier molecular flexibility index (Phi) is 2.72. The lowest BCUT2D eigenvalue weighted by atomic mass is 10.00. The maximum Gasteiger partial charge on any atom is 0.155 e. The minimum Gasteiger partial charge on any atom is -0.368 e. The molecule has 0 amide bonds. The Morgan fingerprint density at radius 2 is 2.50 bits per heavy atom. The summed E-state index contributed by atoms with van der Waals surface area (Å²) < 4.78 is 5.36. The predicted molar refractivity (Wildman–Crippen MR) is 43.1 cm³/mol. The molecule has 1 heterocycles. The average Bonchev–Trinajstić information content (AvgIpc) is 2.33. The van der Waals surface area contributed by atoms with Crippen LogP contribution < -0.4 is 0 Å². The quantitative estimate of drug-likeness (QED) is 0.701. The maximum absolute atomic E-state index is 9.08. The fraction of sp³-hybridized carbons (Fsp3) is 1.00. The fourth-order valence-electron chi connectivity index (χ4n) is 1.25. The van der Waals surface area contributed by atoms with Crippen LogP contribution in [0.5, 0.6) is 0 Å². The second-order valence-electron chi connectivity index (χ2n) is 2.78. The molecule has 0 radical (unpaired) electrons. The second-order valence-corrected chi connectivity index (χ2v) is 3.34. The molecular formula is C7H13BrO2. The SMILES string of the molecule is CCC1(CBr)CCC(O)O1. The van der Waals surface area contributed by atoms with Crippen LogP contribution in [0.2, 0.25) is 0 Å². The highest BCUT2D eigenvalue weighted by Crippen LogP contribution is 2.33. The summed E-state index contributed by atoms with van der Waals surface area (Å²) in [5, 5.41) is 9.91. The van der Waals surface area contributed by atoms with Crippen molar-refractivity contribution in [1.29, 1.82) is 0 Å². The molecule has 0 aromatic heterocycles. The Morgan fingerprint density at radius 3 is 2.70 bits per heavy atom. The van der Waals surface area contributed by atoms with Crippen molar-refractivity contribution in [2.75, 3.05) is 5.33 Å². The molecule has 2 nitrogen and oxygen atoms in total. The molecule has 1 aliphatic rings. The Balaban J connectivity index is 2.51. The van der Waals surface area contributed by atoms with Crippen LogP contribution in [-0.4, -0.2) is 22.3 Å². The van der Waals surface area contributed by atoms with E-state index in [4.69, 9.17) is 9.84 Å². The lowest BCUT2D eigenvalue weighted by molar-refractivity contribution is -0.128. The minimum atomic E-state index is -0.530. The van der Waals surface area contributed by atoms with Crippen molar-refractivity contribution in [2.24, 2.45) is 0 Å². The molecule has 1 N–H and O–H groups in total. The Hall–Kier alpha value is 0.400. The Bertz CT molecular complexity index is 112. The standard InChI is InChI=1S/C7H13BrO2/c1-2-7(5-8)4-3-6(9)10-7/h6,9H,2-5H2,1H3. The van der Waals surface area contributed by atoms with Crippen LogP contribution >= 0.6 is 15.9 Å². The van der Waals surface area contributed by atoms with Gasteiger partial charge in [-0.2, -0.15) is 0 Å². The van der Waals surface area contributed by atoms with Gasteiger partial charge in [0, 0.05) is 11.8 Å². The first-order chi connectivity index (χ1) is 4.72. The van der Waals surface area contributed by atoms with Crippen LogP contribution in [0.15, 0.2) is 0 Å². The van der Waals surface area contributed by atoms with Gasteiger partial charge in [-0.1, -0.05) is 22.9 Å². The van der Waals surface area contributed by atoms with Gasteiger partial charge in [0.15, 0.2) is 6.29 Å². The molecule has 0 aliphatic carbocycles. The van der Waals surface area contributed by atoms with E-state index in [1.54, 1.807) is 0 Å². The van der Waals surface area contributed by atoms with Crippen LogP contribution in [0.3, 0.4) is 0 Å². The van der Waals surface area contributed by atoms with Crippen LogP contribution in [0.4, 0.5) is 0 Å². The minimum absolute atomic E-state index is 0.0839. The third kappa shape index (κ3) is 1.52. The lowest BCUT2D eigenvalue weighted by Gasteiger charge is -2.24. The zero-order chi connectivity index (χ0) is 7.61. The first-order valence-electron chi connectivity index (χ1n) is 3.64. The van der Waals surface area contributed by atoms with Gasteiger partial charge < -0.3 is 9.84 Å². The molecule has 0 aromatic rings. The highest BCUT2D eigenvalue weighted by atomic mass is 79.9. The van der Waals surface area contributed by atoms with Crippen molar-refractivity contribution in [3.63, 3.8) is 0 Å². The molecule has 3 heteroatoms. The summed E-state index contributed by atoms with van der Waals surface area (Å²) >= 11 is 3.38. The van der Waals surface area contributed by atoms with E-state index in [-0.39, 0.29) is 5.60 Å². The Morgan fingerprint density at radius 1 is 1.80 bits per heavy atom. The van der Waals surface area contributed by atoms with Crippen molar-refractivity contribution in [3.8, 4) is 0 Å². The van der Waals surface area contributed by atoms with Crippen LogP contribution in [0.25, 0.3) is 0 Å². The summed E-state index contributed by atoms with van der Waals surface area (Å²) in [6.45, 7) is 2.08. The van der Waals surface area contributed by atoms with E-state index in [1.807, 2.05) is 0 Å². The van der Waals surface area contributed by atoms with Crippen LogP contribution in [0.1, 0.15) is 26.2 Å². The summed E-state index contributed by atoms with van der Waals surface area (Å²) in [7, 11) is 0. The van der Waals surface area contributed by atoms with Gasteiger partial charge in [0.2, 0.25) is 0 Å². The van der Waals surface area contributed by atoms with E-state index in [1.165, 1.54) is 0 Å². The van der Waals surface area contributed by atoms with Crippen LogP contribution in [0, 0.1) is 0 Å². The van der Waals surface area contributed by atoms with Crippen molar-refractivity contribution >= 4 is 15.9 Å². The molecule has 0 bridgehead atoms. The molecule has 0 spiro atoms. The van der Waals surface area contributed by atoms with E-state index in [2.05, 4.69) is 22.9 Å². The van der Waals surface area contributed by atoms with E-state index in [9.17, 15) is 0 Å². The van der Waals surface area contributed by atoms with Crippen molar-refractivity contribution in [2.45, 2.75) is 38.1 Å². The lowest BCUT2D eigenvalue weighted by Crippen LogP contribution is -2.29. The van der Waals surface area contributed by atoms with Crippen molar-refractivity contribution in [3.05, 3.63) is 0 Å². The number of hydrogen-bond donors (Lipinski definition) is 1. The van der Waals surface area contributed by atoms with Gasteiger partial charge in [0.25, 0.3) is 0 Å². The van der Waals surface area contributed by atoms with Gasteiger partial charge in [-0.05, 0) is 12.8 Å². The molecule has 1 rings (SSSR count). The zero-order valence-corrected chi connectivity index (χ0v) is 7.73. The van der Waals surface area contributed by atoms with Gasteiger partial charge in [0.1, 0.15) is 0 Å². The third-order valence-electron chi connectivity index (χ3n) is 2.12.